The Labute approximate surface area is 92.9 Å². The lowest BCUT2D eigenvalue weighted by Crippen LogP contribution is -2.09. The van der Waals surface area contributed by atoms with Crippen LogP contribution in [-0.4, -0.2) is 12.1 Å². The van der Waals surface area contributed by atoms with Gasteiger partial charge in [-0.25, -0.2) is 0 Å². The molecule has 2 aromatic rings. The van der Waals surface area contributed by atoms with E-state index in [4.69, 9.17) is 4.74 Å². The molecule has 2 rings (SSSR count). The highest BCUT2D eigenvalue weighted by Crippen LogP contribution is 2.19. The Hall–Kier alpha value is -2.23. The summed E-state index contributed by atoms with van der Waals surface area (Å²) in [5.41, 5.74) is 1.18. The number of H-pyrrole nitrogens is 1. The van der Waals surface area contributed by atoms with Gasteiger partial charge in [0.25, 0.3) is 5.56 Å². The van der Waals surface area contributed by atoms with E-state index in [9.17, 15) is 4.79 Å². The van der Waals surface area contributed by atoms with Crippen LogP contribution in [0.3, 0.4) is 0 Å². The third-order valence-corrected chi connectivity index (χ3v) is 2.17. The van der Waals surface area contributed by atoms with E-state index in [0.717, 1.165) is 11.4 Å². The largest absolute Gasteiger partial charge is 0.497 e. The minimum Gasteiger partial charge on any atom is -0.497 e. The fourth-order valence-electron chi connectivity index (χ4n) is 1.38. The van der Waals surface area contributed by atoms with Crippen LogP contribution < -0.4 is 15.6 Å². The maximum absolute atomic E-state index is 11.4. The number of rotatable bonds is 3. The van der Waals surface area contributed by atoms with Crippen LogP contribution in [0.25, 0.3) is 0 Å². The summed E-state index contributed by atoms with van der Waals surface area (Å²) >= 11 is 0. The maximum atomic E-state index is 11.4. The predicted molar refractivity (Wildman–Crippen MR) is 63.3 cm³/mol. The fraction of sp³-hybridized carbons (Fsp3) is 0.0833. The van der Waals surface area contributed by atoms with Crippen molar-refractivity contribution in [2.75, 3.05) is 12.4 Å². The Kier molecular flexibility index (Phi) is 2.91. The zero-order chi connectivity index (χ0) is 11.4. The van der Waals surface area contributed by atoms with Gasteiger partial charge in [-0.3, -0.25) is 4.79 Å². The summed E-state index contributed by atoms with van der Waals surface area (Å²) in [6.45, 7) is 0. The van der Waals surface area contributed by atoms with Crippen molar-refractivity contribution in [3.8, 4) is 5.75 Å². The first-order valence-corrected chi connectivity index (χ1v) is 4.88. The summed E-state index contributed by atoms with van der Waals surface area (Å²) in [6.07, 6.45) is 1.60. The minimum atomic E-state index is -0.148. The van der Waals surface area contributed by atoms with Gasteiger partial charge in [-0.05, 0) is 24.3 Å². The molecule has 0 radical (unpaired) electrons. The average molecular weight is 216 g/mol. The zero-order valence-corrected chi connectivity index (χ0v) is 8.86. The van der Waals surface area contributed by atoms with Gasteiger partial charge in [0.1, 0.15) is 11.4 Å². The van der Waals surface area contributed by atoms with Crippen molar-refractivity contribution >= 4 is 11.4 Å². The normalized spacial score (nSPS) is 9.81. The molecule has 4 heteroatoms. The Balaban J connectivity index is 2.27. The highest BCUT2D eigenvalue weighted by Gasteiger charge is 1.99. The lowest BCUT2D eigenvalue weighted by Gasteiger charge is -2.06. The molecular formula is C12H12N2O2. The standard InChI is InChI=1S/C12H12N2O2/c1-16-10-5-2-4-9(8-10)14-11-6-3-7-13-12(11)15/h2-8,14H,1H3,(H,13,15). The van der Waals surface area contributed by atoms with Crippen molar-refractivity contribution in [2.24, 2.45) is 0 Å². The molecule has 1 aromatic carbocycles. The molecule has 0 aliphatic rings. The summed E-state index contributed by atoms with van der Waals surface area (Å²) in [5.74, 6) is 0.748. The zero-order valence-electron chi connectivity index (χ0n) is 8.86. The van der Waals surface area contributed by atoms with Gasteiger partial charge < -0.3 is 15.0 Å². The Bertz CT molecular complexity index is 534. The molecule has 0 aliphatic carbocycles. The second-order valence-corrected chi connectivity index (χ2v) is 3.27. The van der Waals surface area contributed by atoms with Gasteiger partial charge in [-0.15, -0.1) is 0 Å². The highest BCUT2D eigenvalue weighted by atomic mass is 16.5. The maximum Gasteiger partial charge on any atom is 0.271 e. The Morgan fingerprint density at radius 1 is 1.25 bits per heavy atom. The molecule has 0 aliphatic heterocycles. The van der Waals surface area contributed by atoms with Crippen molar-refractivity contribution in [3.63, 3.8) is 0 Å². The van der Waals surface area contributed by atoms with E-state index < -0.39 is 0 Å². The van der Waals surface area contributed by atoms with Crippen LogP contribution in [0, 0.1) is 0 Å². The molecule has 16 heavy (non-hydrogen) atoms. The molecule has 0 fully saturated rings. The number of ether oxygens (including phenoxy) is 1. The van der Waals surface area contributed by atoms with Crippen LogP contribution in [0.1, 0.15) is 0 Å². The predicted octanol–water partition coefficient (Wildman–Crippen LogP) is 2.13. The van der Waals surface area contributed by atoms with Gasteiger partial charge in [0.05, 0.1) is 7.11 Å². The summed E-state index contributed by atoms with van der Waals surface area (Å²) in [7, 11) is 1.61. The first-order chi connectivity index (χ1) is 7.79. The van der Waals surface area contributed by atoms with Crippen LogP contribution in [0.2, 0.25) is 0 Å². The molecule has 1 aromatic heterocycles. The first kappa shape index (κ1) is 10.3. The average Bonchev–Trinajstić information content (AvgIpc) is 2.32. The van der Waals surface area contributed by atoms with Gasteiger partial charge in [0.15, 0.2) is 0 Å². The molecule has 0 saturated carbocycles. The first-order valence-electron chi connectivity index (χ1n) is 4.88. The molecule has 0 amide bonds. The molecule has 0 saturated heterocycles. The second-order valence-electron chi connectivity index (χ2n) is 3.27. The van der Waals surface area contributed by atoms with Gasteiger partial charge >= 0.3 is 0 Å². The van der Waals surface area contributed by atoms with Crippen LogP contribution in [0.15, 0.2) is 47.4 Å². The molecule has 0 bridgehead atoms. The third kappa shape index (κ3) is 2.23. The summed E-state index contributed by atoms with van der Waals surface area (Å²) < 4.78 is 5.10. The van der Waals surface area contributed by atoms with Crippen LogP contribution >= 0.6 is 0 Å². The van der Waals surface area contributed by atoms with E-state index >= 15 is 0 Å². The number of aromatic nitrogens is 1. The number of hydrogen-bond acceptors (Lipinski definition) is 3. The molecule has 0 spiro atoms. The lowest BCUT2D eigenvalue weighted by molar-refractivity contribution is 0.415. The van der Waals surface area contributed by atoms with Crippen LogP contribution in [-0.2, 0) is 0 Å². The Morgan fingerprint density at radius 3 is 2.88 bits per heavy atom. The molecular weight excluding hydrogens is 204 g/mol. The summed E-state index contributed by atoms with van der Waals surface area (Å²) in [4.78, 5) is 14.0. The SMILES string of the molecule is COc1cccc(Nc2ccc[nH]c2=O)c1. The lowest BCUT2D eigenvalue weighted by atomic mass is 10.3. The van der Waals surface area contributed by atoms with Crippen molar-refractivity contribution in [3.05, 3.63) is 52.9 Å². The summed E-state index contributed by atoms with van der Waals surface area (Å²) in [5, 5.41) is 3.02. The second kappa shape index (κ2) is 4.53. The number of nitrogens with one attached hydrogen (secondary N) is 2. The highest BCUT2D eigenvalue weighted by molar-refractivity contribution is 5.60. The van der Waals surface area contributed by atoms with E-state index in [1.807, 2.05) is 24.3 Å². The fourth-order valence-corrected chi connectivity index (χ4v) is 1.38. The van der Waals surface area contributed by atoms with Gasteiger partial charge in [0.2, 0.25) is 0 Å². The van der Waals surface area contributed by atoms with Crippen molar-refractivity contribution in [1.29, 1.82) is 0 Å². The van der Waals surface area contributed by atoms with Crippen molar-refractivity contribution in [1.82, 2.24) is 4.98 Å². The minimum absolute atomic E-state index is 0.148. The molecule has 2 N–H and O–H groups in total. The van der Waals surface area contributed by atoms with E-state index in [-0.39, 0.29) is 5.56 Å². The Morgan fingerprint density at radius 2 is 2.12 bits per heavy atom. The van der Waals surface area contributed by atoms with Crippen LogP contribution in [0.4, 0.5) is 11.4 Å². The number of benzene rings is 1. The number of hydrogen-bond donors (Lipinski definition) is 2. The van der Waals surface area contributed by atoms with E-state index in [1.165, 1.54) is 0 Å². The monoisotopic (exact) mass is 216 g/mol. The number of methoxy groups -OCH3 is 1. The third-order valence-electron chi connectivity index (χ3n) is 2.17. The molecule has 0 atom stereocenters. The van der Waals surface area contributed by atoms with Gasteiger partial charge in [0, 0.05) is 18.0 Å². The van der Waals surface area contributed by atoms with E-state index in [2.05, 4.69) is 10.3 Å². The number of aromatic amines is 1. The molecule has 1 heterocycles. The van der Waals surface area contributed by atoms with Crippen molar-refractivity contribution < 1.29 is 4.74 Å². The smallest absolute Gasteiger partial charge is 0.271 e. The molecule has 0 unspecified atom stereocenters. The summed E-state index contributed by atoms with van der Waals surface area (Å²) in [6, 6.07) is 10.9. The van der Waals surface area contributed by atoms with E-state index in [0.29, 0.717) is 5.69 Å². The van der Waals surface area contributed by atoms with Gasteiger partial charge in [-0.2, -0.15) is 0 Å². The van der Waals surface area contributed by atoms with Crippen molar-refractivity contribution in [2.45, 2.75) is 0 Å². The van der Waals surface area contributed by atoms with Crippen LogP contribution in [0.5, 0.6) is 5.75 Å². The molecule has 82 valence electrons. The van der Waals surface area contributed by atoms with E-state index in [1.54, 1.807) is 25.4 Å². The topological polar surface area (TPSA) is 54.1 Å². The number of pyridine rings is 1. The number of anilines is 2. The van der Waals surface area contributed by atoms with Gasteiger partial charge in [-0.1, -0.05) is 6.07 Å². The molecule has 4 nitrogen and oxygen atoms in total. The quantitative estimate of drug-likeness (QED) is 0.826.